The lowest BCUT2D eigenvalue weighted by atomic mass is 10.2. The summed E-state index contributed by atoms with van der Waals surface area (Å²) in [7, 11) is -2.71. The molecular formula is C21H19ClFN3O5S2. The molecule has 2 heterocycles. The van der Waals surface area contributed by atoms with Crippen molar-refractivity contribution in [1.29, 1.82) is 0 Å². The molecule has 1 aliphatic rings. The number of aromatic nitrogens is 1. The fourth-order valence-electron chi connectivity index (χ4n) is 3.66. The molecule has 174 valence electrons. The number of amides is 1. The van der Waals surface area contributed by atoms with Gasteiger partial charge in [0, 0.05) is 11.6 Å². The number of thiazole rings is 1. The lowest BCUT2D eigenvalue weighted by molar-refractivity contribution is -0.141. The first-order chi connectivity index (χ1) is 15.7. The first-order valence-electron chi connectivity index (χ1n) is 9.92. The number of hydrogen-bond acceptors (Lipinski definition) is 6. The van der Waals surface area contributed by atoms with Gasteiger partial charge in [-0.05, 0) is 55.3 Å². The Labute approximate surface area is 197 Å². The van der Waals surface area contributed by atoms with Crippen molar-refractivity contribution in [1.82, 2.24) is 8.87 Å². The van der Waals surface area contributed by atoms with Crippen molar-refractivity contribution in [3.63, 3.8) is 0 Å². The number of ether oxygens (including phenoxy) is 1. The molecule has 1 atom stereocenters. The maximum atomic E-state index is 13.7. The van der Waals surface area contributed by atoms with Gasteiger partial charge in [-0.15, -0.1) is 0 Å². The van der Waals surface area contributed by atoms with Crippen LogP contribution < -0.4 is 4.80 Å². The summed E-state index contributed by atoms with van der Waals surface area (Å²) in [6, 6.07) is 8.74. The van der Waals surface area contributed by atoms with Gasteiger partial charge in [-0.1, -0.05) is 22.9 Å². The molecule has 0 saturated carbocycles. The first kappa shape index (κ1) is 23.6. The fraction of sp³-hybridized carbons (Fsp3) is 0.286. The van der Waals surface area contributed by atoms with Gasteiger partial charge in [-0.25, -0.2) is 12.8 Å². The largest absolute Gasteiger partial charge is 0.468 e. The van der Waals surface area contributed by atoms with Gasteiger partial charge in [0.05, 0.1) is 22.2 Å². The average molecular weight is 512 g/mol. The standard InChI is InChI=1S/C21H19ClFN3O5S2/c1-31-19(27)12-25-16-9-6-14(23)11-18(16)32-21(25)24-20(28)17-3-2-10-26(17)33(29,30)15-7-4-13(22)5-8-15/h4-9,11,17H,2-3,10,12H2,1H3. The van der Waals surface area contributed by atoms with E-state index in [1.165, 1.54) is 54.1 Å². The Bertz CT molecular complexity index is 1400. The Morgan fingerprint density at radius 2 is 1.97 bits per heavy atom. The number of benzene rings is 2. The van der Waals surface area contributed by atoms with Gasteiger partial charge in [0.2, 0.25) is 10.0 Å². The number of nitrogens with zero attached hydrogens (tertiary/aromatic N) is 3. The molecule has 1 fully saturated rings. The zero-order valence-corrected chi connectivity index (χ0v) is 19.8. The monoisotopic (exact) mass is 511 g/mol. The molecule has 0 aliphatic carbocycles. The summed E-state index contributed by atoms with van der Waals surface area (Å²) in [5.74, 6) is -1.70. The maximum Gasteiger partial charge on any atom is 0.325 e. The van der Waals surface area contributed by atoms with Crippen molar-refractivity contribution in [2.24, 2.45) is 4.99 Å². The van der Waals surface area contributed by atoms with E-state index in [0.717, 1.165) is 15.6 Å². The number of fused-ring (bicyclic) bond motifs is 1. The van der Waals surface area contributed by atoms with E-state index in [9.17, 15) is 22.4 Å². The molecule has 1 amide bonds. The molecule has 0 radical (unpaired) electrons. The molecule has 4 rings (SSSR count). The summed E-state index contributed by atoms with van der Waals surface area (Å²) >= 11 is 6.89. The second kappa shape index (κ2) is 9.34. The van der Waals surface area contributed by atoms with Crippen molar-refractivity contribution in [3.05, 3.63) is 58.1 Å². The van der Waals surface area contributed by atoms with Crippen LogP contribution in [0.4, 0.5) is 4.39 Å². The zero-order chi connectivity index (χ0) is 23.8. The molecule has 0 spiro atoms. The maximum absolute atomic E-state index is 13.7. The highest BCUT2D eigenvalue weighted by molar-refractivity contribution is 7.89. The molecule has 12 heteroatoms. The molecule has 33 heavy (non-hydrogen) atoms. The van der Waals surface area contributed by atoms with Crippen molar-refractivity contribution in [3.8, 4) is 0 Å². The van der Waals surface area contributed by atoms with Crippen molar-refractivity contribution in [2.45, 2.75) is 30.3 Å². The third-order valence-corrected chi connectivity index (χ3v) is 8.49. The van der Waals surface area contributed by atoms with Crippen LogP contribution in [0.1, 0.15) is 12.8 Å². The summed E-state index contributed by atoms with van der Waals surface area (Å²) in [6.45, 7) is -0.0532. The summed E-state index contributed by atoms with van der Waals surface area (Å²) < 4.78 is 47.8. The Kier molecular flexibility index (Phi) is 6.66. The zero-order valence-electron chi connectivity index (χ0n) is 17.4. The van der Waals surface area contributed by atoms with E-state index in [1.807, 2.05) is 0 Å². The van der Waals surface area contributed by atoms with Crippen molar-refractivity contribution in [2.75, 3.05) is 13.7 Å². The number of hydrogen-bond donors (Lipinski definition) is 0. The van der Waals surface area contributed by atoms with E-state index in [1.54, 1.807) is 0 Å². The molecule has 1 unspecified atom stereocenters. The molecule has 2 aromatic carbocycles. The van der Waals surface area contributed by atoms with Gasteiger partial charge in [0.25, 0.3) is 5.91 Å². The molecule has 3 aromatic rings. The van der Waals surface area contributed by atoms with Crippen LogP contribution in [0.5, 0.6) is 0 Å². The van der Waals surface area contributed by atoms with E-state index in [4.69, 9.17) is 16.3 Å². The van der Waals surface area contributed by atoms with Crippen LogP contribution in [0.25, 0.3) is 10.2 Å². The highest BCUT2D eigenvalue weighted by Crippen LogP contribution is 2.28. The number of rotatable bonds is 5. The number of methoxy groups -OCH3 is 1. The van der Waals surface area contributed by atoms with E-state index < -0.39 is 33.8 Å². The summed E-state index contributed by atoms with van der Waals surface area (Å²) in [4.78, 5) is 29.4. The van der Waals surface area contributed by atoms with Gasteiger partial charge in [-0.2, -0.15) is 9.30 Å². The Hall–Kier alpha value is -2.60. The van der Waals surface area contributed by atoms with E-state index in [2.05, 4.69) is 4.99 Å². The van der Waals surface area contributed by atoms with Gasteiger partial charge in [0.15, 0.2) is 4.80 Å². The minimum Gasteiger partial charge on any atom is -0.468 e. The normalized spacial score (nSPS) is 17.5. The van der Waals surface area contributed by atoms with Gasteiger partial charge >= 0.3 is 5.97 Å². The first-order valence-corrected chi connectivity index (χ1v) is 12.6. The lowest BCUT2D eigenvalue weighted by Crippen LogP contribution is -2.40. The Balaban J connectivity index is 1.73. The number of carbonyl (C=O) groups excluding carboxylic acids is 2. The topological polar surface area (TPSA) is 98.0 Å². The second-order valence-corrected chi connectivity index (χ2v) is 10.7. The van der Waals surface area contributed by atoms with E-state index in [-0.39, 0.29) is 22.8 Å². The molecule has 1 aliphatic heterocycles. The molecule has 8 nitrogen and oxygen atoms in total. The van der Waals surface area contributed by atoms with Crippen molar-refractivity contribution < 1.29 is 27.1 Å². The van der Waals surface area contributed by atoms with Crippen LogP contribution in [-0.2, 0) is 30.9 Å². The Morgan fingerprint density at radius 3 is 2.67 bits per heavy atom. The lowest BCUT2D eigenvalue weighted by Gasteiger charge is -2.21. The number of esters is 1. The van der Waals surface area contributed by atoms with Crippen LogP contribution in [0.3, 0.4) is 0 Å². The van der Waals surface area contributed by atoms with Crippen molar-refractivity contribution >= 4 is 55.1 Å². The molecule has 1 saturated heterocycles. The third-order valence-electron chi connectivity index (χ3n) is 5.27. The minimum atomic E-state index is -3.94. The smallest absolute Gasteiger partial charge is 0.325 e. The third kappa shape index (κ3) is 4.72. The van der Waals surface area contributed by atoms with Gasteiger partial charge in [0.1, 0.15) is 18.4 Å². The molecule has 0 bridgehead atoms. The predicted molar refractivity (Wildman–Crippen MR) is 121 cm³/mol. The van der Waals surface area contributed by atoms with E-state index >= 15 is 0 Å². The molecule has 0 N–H and O–H groups in total. The summed E-state index contributed by atoms with van der Waals surface area (Å²) in [5, 5.41) is 0.398. The number of halogens is 2. The Morgan fingerprint density at radius 1 is 1.24 bits per heavy atom. The highest BCUT2D eigenvalue weighted by atomic mass is 35.5. The second-order valence-electron chi connectivity index (χ2n) is 7.34. The SMILES string of the molecule is COC(=O)Cn1c(=NC(=O)C2CCCN2S(=O)(=O)c2ccc(Cl)cc2)sc2cc(F)ccc21. The van der Waals surface area contributed by atoms with Gasteiger partial charge in [-0.3, -0.25) is 9.59 Å². The quantitative estimate of drug-likeness (QED) is 0.490. The van der Waals surface area contributed by atoms with Crippen LogP contribution >= 0.6 is 22.9 Å². The van der Waals surface area contributed by atoms with Gasteiger partial charge < -0.3 is 9.30 Å². The highest BCUT2D eigenvalue weighted by Gasteiger charge is 2.39. The van der Waals surface area contributed by atoms with Crippen LogP contribution in [0.2, 0.25) is 5.02 Å². The fourth-order valence-corrected chi connectivity index (χ4v) is 6.50. The van der Waals surface area contributed by atoms with E-state index in [0.29, 0.717) is 28.1 Å². The van der Waals surface area contributed by atoms with Crippen LogP contribution in [-0.4, -0.2) is 48.9 Å². The number of sulfonamides is 1. The average Bonchev–Trinajstić information content (AvgIpc) is 3.40. The van der Waals surface area contributed by atoms with Crippen LogP contribution in [0, 0.1) is 5.82 Å². The number of carbonyl (C=O) groups is 2. The molecule has 1 aromatic heterocycles. The summed E-state index contributed by atoms with van der Waals surface area (Å²) in [5.41, 5.74) is 0.510. The predicted octanol–water partition coefficient (Wildman–Crippen LogP) is 2.95. The summed E-state index contributed by atoms with van der Waals surface area (Å²) in [6.07, 6.45) is 0.810. The minimum absolute atomic E-state index is 0.0321. The van der Waals surface area contributed by atoms with Crippen LogP contribution in [0.15, 0.2) is 52.4 Å². The molecular weight excluding hydrogens is 493 g/mol.